The Hall–Kier alpha value is -2.58. The standard InChI is InChI=1S/C18H11Cl2F4N3O/c1-27-17(24)14(15(26-27)16(22)23)18(28)25-13-5-3-9(21)7-10(13)8-2-4-11(19)12(20)6-8/h2-7,16H,1H3,(H,25,28). The van der Waals surface area contributed by atoms with Crippen molar-refractivity contribution < 1.29 is 22.4 Å². The third-order valence-corrected chi connectivity index (χ3v) is 4.64. The average Bonchev–Trinajstić information content (AvgIpc) is 2.94. The number of anilines is 1. The van der Waals surface area contributed by atoms with Crippen LogP contribution < -0.4 is 5.32 Å². The lowest BCUT2D eigenvalue weighted by Crippen LogP contribution is -2.16. The SMILES string of the molecule is Cn1nc(C(F)F)c(C(=O)Nc2ccc(F)cc2-c2ccc(Cl)c(Cl)c2)c1F. The predicted octanol–water partition coefficient (Wildman–Crippen LogP) is 5.86. The minimum Gasteiger partial charge on any atom is -0.321 e. The molecule has 0 spiro atoms. The maximum atomic E-state index is 14.1. The van der Waals surface area contributed by atoms with Gasteiger partial charge in [-0.3, -0.25) is 4.79 Å². The molecule has 3 aromatic rings. The van der Waals surface area contributed by atoms with Crippen molar-refractivity contribution in [1.29, 1.82) is 0 Å². The van der Waals surface area contributed by atoms with Crippen LogP contribution in [0, 0.1) is 11.8 Å². The fourth-order valence-electron chi connectivity index (χ4n) is 2.60. The van der Waals surface area contributed by atoms with Crippen LogP contribution in [0.4, 0.5) is 23.2 Å². The third kappa shape index (κ3) is 3.83. The Balaban J connectivity index is 2.04. The number of halogens is 6. The molecule has 10 heteroatoms. The zero-order valence-corrected chi connectivity index (χ0v) is 15.6. The number of carbonyl (C=O) groups excluding carboxylic acids is 1. The van der Waals surface area contributed by atoms with Gasteiger partial charge < -0.3 is 5.32 Å². The van der Waals surface area contributed by atoms with E-state index < -0.39 is 35.4 Å². The van der Waals surface area contributed by atoms with Crippen molar-refractivity contribution in [2.24, 2.45) is 7.05 Å². The predicted molar refractivity (Wildman–Crippen MR) is 97.9 cm³/mol. The van der Waals surface area contributed by atoms with Gasteiger partial charge in [-0.05, 0) is 35.9 Å². The molecule has 28 heavy (non-hydrogen) atoms. The van der Waals surface area contributed by atoms with Crippen molar-refractivity contribution in [2.45, 2.75) is 6.43 Å². The van der Waals surface area contributed by atoms with E-state index in [0.717, 1.165) is 19.2 Å². The van der Waals surface area contributed by atoms with Gasteiger partial charge in [-0.15, -0.1) is 0 Å². The van der Waals surface area contributed by atoms with E-state index in [1.165, 1.54) is 24.3 Å². The smallest absolute Gasteiger partial charge is 0.283 e. The first kappa shape index (κ1) is 20.2. The van der Waals surface area contributed by atoms with E-state index in [1.807, 2.05) is 0 Å². The summed E-state index contributed by atoms with van der Waals surface area (Å²) in [5.41, 5.74) is -1.20. The van der Waals surface area contributed by atoms with E-state index in [9.17, 15) is 22.4 Å². The summed E-state index contributed by atoms with van der Waals surface area (Å²) in [6.45, 7) is 0. The van der Waals surface area contributed by atoms with Crippen LogP contribution in [0.25, 0.3) is 11.1 Å². The molecular formula is C18H11Cl2F4N3O. The number of carbonyl (C=O) groups is 1. The Morgan fingerprint density at radius 2 is 1.82 bits per heavy atom. The molecule has 0 atom stereocenters. The molecule has 0 saturated carbocycles. The molecule has 0 saturated heterocycles. The van der Waals surface area contributed by atoms with Gasteiger partial charge in [-0.1, -0.05) is 29.3 Å². The van der Waals surface area contributed by atoms with Gasteiger partial charge in [0.05, 0.1) is 10.0 Å². The van der Waals surface area contributed by atoms with Crippen molar-refractivity contribution in [3.63, 3.8) is 0 Å². The zero-order chi connectivity index (χ0) is 20.6. The van der Waals surface area contributed by atoms with Crippen LogP contribution in [0.15, 0.2) is 36.4 Å². The van der Waals surface area contributed by atoms with Gasteiger partial charge >= 0.3 is 0 Å². The zero-order valence-electron chi connectivity index (χ0n) is 14.1. The minimum absolute atomic E-state index is 0.0632. The monoisotopic (exact) mass is 431 g/mol. The molecule has 0 aliphatic carbocycles. The lowest BCUT2D eigenvalue weighted by atomic mass is 10.0. The number of amides is 1. The Labute approximate surface area is 166 Å². The van der Waals surface area contributed by atoms with Crippen LogP contribution >= 0.6 is 23.2 Å². The topological polar surface area (TPSA) is 46.9 Å². The number of nitrogens with zero attached hydrogens (tertiary/aromatic N) is 2. The molecule has 0 aliphatic heterocycles. The second-order valence-electron chi connectivity index (χ2n) is 5.75. The van der Waals surface area contributed by atoms with Crippen LogP contribution in [0.5, 0.6) is 0 Å². The van der Waals surface area contributed by atoms with Crippen LogP contribution in [0.3, 0.4) is 0 Å². The number of hydrogen-bond acceptors (Lipinski definition) is 2. The first-order valence-electron chi connectivity index (χ1n) is 7.76. The fourth-order valence-corrected chi connectivity index (χ4v) is 2.90. The van der Waals surface area contributed by atoms with E-state index in [4.69, 9.17) is 23.2 Å². The molecule has 0 aliphatic rings. The van der Waals surface area contributed by atoms with Gasteiger partial charge in [0.2, 0.25) is 5.95 Å². The van der Waals surface area contributed by atoms with E-state index in [1.54, 1.807) is 0 Å². The van der Waals surface area contributed by atoms with Crippen molar-refractivity contribution in [3.05, 3.63) is 69.5 Å². The highest BCUT2D eigenvalue weighted by atomic mass is 35.5. The molecule has 0 radical (unpaired) electrons. The molecule has 3 rings (SSSR count). The molecule has 1 amide bonds. The minimum atomic E-state index is -3.15. The number of benzene rings is 2. The van der Waals surface area contributed by atoms with E-state index in [-0.39, 0.29) is 21.3 Å². The molecule has 2 aromatic carbocycles. The Bertz CT molecular complexity index is 1070. The molecule has 0 unspecified atom stereocenters. The number of aryl methyl sites for hydroxylation is 1. The molecule has 1 heterocycles. The molecule has 1 N–H and O–H groups in total. The van der Waals surface area contributed by atoms with Gasteiger partial charge in [0.15, 0.2) is 0 Å². The molecule has 146 valence electrons. The number of aromatic nitrogens is 2. The summed E-state index contributed by atoms with van der Waals surface area (Å²) in [4.78, 5) is 12.5. The Morgan fingerprint density at radius 1 is 1.11 bits per heavy atom. The summed E-state index contributed by atoms with van der Waals surface area (Å²) in [5, 5.41) is 6.12. The summed E-state index contributed by atoms with van der Waals surface area (Å²) < 4.78 is 54.6. The van der Waals surface area contributed by atoms with Crippen molar-refractivity contribution >= 4 is 34.8 Å². The quantitative estimate of drug-likeness (QED) is 0.525. The molecule has 0 fully saturated rings. The van der Waals surface area contributed by atoms with E-state index >= 15 is 0 Å². The fraction of sp³-hybridized carbons (Fsp3) is 0.111. The van der Waals surface area contributed by atoms with Gasteiger partial charge in [0.1, 0.15) is 17.1 Å². The highest BCUT2D eigenvalue weighted by Gasteiger charge is 2.29. The van der Waals surface area contributed by atoms with E-state index in [2.05, 4.69) is 10.4 Å². The van der Waals surface area contributed by atoms with Crippen molar-refractivity contribution in [1.82, 2.24) is 9.78 Å². The second-order valence-corrected chi connectivity index (χ2v) is 6.56. The second kappa shape index (κ2) is 7.81. The maximum absolute atomic E-state index is 14.1. The third-order valence-electron chi connectivity index (χ3n) is 3.90. The van der Waals surface area contributed by atoms with E-state index in [0.29, 0.717) is 10.2 Å². The molecule has 4 nitrogen and oxygen atoms in total. The summed E-state index contributed by atoms with van der Waals surface area (Å²) in [6.07, 6.45) is -3.15. The first-order valence-corrected chi connectivity index (χ1v) is 8.51. The van der Waals surface area contributed by atoms with Gasteiger partial charge in [0, 0.05) is 18.3 Å². The highest BCUT2D eigenvalue weighted by molar-refractivity contribution is 6.42. The van der Waals surface area contributed by atoms with Crippen molar-refractivity contribution in [2.75, 3.05) is 5.32 Å². The summed E-state index contributed by atoms with van der Waals surface area (Å²) >= 11 is 11.9. The summed E-state index contributed by atoms with van der Waals surface area (Å²) in [7, 11) is 1.09. The van der Waals surface area contributed by atoms with Crippen LogP contribution in [0.2, 0.25) is 10.0 Å². The molecular weight excluding hydrogens is 421 g/mol. The normalized spacial score (nSPS) is 11.1. The number of hydrogen-bond donors (Lipinski definition) is 1. The lowest BCUT2D eigenvalue weighted by molar-refractivity contribution is 0.100. The number of alkyl halides is 2. The Kier molecular flexibility index (Phi) is 5.62. The molecule has 0 bridgehead atoms. The highest BCUT2D eigenvalue weighted by Crippen LogP contribution is 2.34. The van der Waals surface area contributed by atoms with Crippen LogP contribution in [-0.2, 0) is 7.05 Å². The average molecular weight is 432 g/mol. The van der Waals surface area contributed by atoms with Crippen LogP contribution in [-0.4, -0.2) is 15.7 Å². The van der Waals surface area contributed by atoms with Gasteiger partial charge in [0.25, 0.3) is 12.3 Å². The maximum Gasteiger partial charge on any atom is 0.283 e. The van der Waals surface area contributed by atoms with Crippen molar-refractivity contribution in [3.8, 4) is 11.1 Å². The number of nitrogens with one attached hydrogen (secondary N) is 1. The van der Waals surface area contributed by atoms with Gasteiger partial charge in [-0.25, -0.2) is 17.9 Å². The summed E-state index contributed by atoms with van der Waals surface area (Å²) in [5.74, 6) is -2.97. The largest absolute Gasteiger partial charge is 0.321 e. The summed E-state index contributed by atoms with van der Waals surface area (Å²) in [6, 6.07) is 7.86. The molecule has 1 aromatic heterocycles. The van der Waals surface area contributed by atoms with Crippen LogP contribution in [0.1, 0.15) is 22.5 Å². The van der Waals surface area contributed by atoms with Gasteiger partial charge in [-0.2, -0.15) is 9.49 Å². The lowest BCUT2D eigenvalue weighted by Gasteiger charge is -2.12. The Morgan fingerprint density at radius 3 is 2.46 bits per heavy atom. The number of rotatable bonds is 4. The first-order chi connectivity index (χ1) is 13.2.